The van der Waals surface area contributed by atoms with Gasteiger partial charge in [0.1, 0.15) is 22.9 Å². The normalized spacial score (nSPS) is 17.1. The molecule has 2 amide bonds. The van der Waals surface area contributed by atoms with Gasteiger partial charge in [0.05, 0.1) is 35.6 Å². The van der Waals surface area contributed by atoms with Gasteiger partial charge in [-0.25, -0.2) is 4.79 Å². The molecule has 4 rings (SSSR count). The van der Waals surface area contributed by atoms with Gasteiger partial charge in [-0.05, 0) is 51.8 Å². The Kier molecular flexibility index (Phi) is 9.93. The van der Waals surface area contributed by atoms with Crippen molar-refractivity contribution >= 4 is 46.5 Å². The summed E-state index contributed by atoms with van der Waals surface area (Å²) < 4.78 is 17.1. The van der Waals surface area contributed by atoms with Crippen molar-refractivity contribution in [2.45, 2.75) is 58.2 Å². The van der Waals surface area contributed by atoms with Crippen LogP contribution in [0, 0.1) is 0 Å². The number of nitrogens with zero attached hydrogens (tertiary/aromatic N) is 2. The second kappa shape index (κ2) is 13.4. The molecule has 12 heteroatoms. The van der Waals surface area contributed by atoms with E-state index < -0.39 is 5.60 Å². The number of ether oxygens (including phenoxy) is 3. The number of halogens is 1. The van der Waals surface area contributed by atoms with Crippen molar-refractivity contribution in [1.29, 1.82) is 0 Å². The fourth-order valence-electron chi connectivity index (χ4n) is 4.71. The Hall–Kier alpha value is -3.57. The van der Waals surface area contributed by atoms with Crippen LogP contribution in [-0.2, 0) is 16.1 Å². The number of likely N-dealkylation sites (tertiary alicyclic amines) is 1. The van der Waals surface area contributed by atoms with Crippen LogP contribution in [0.1, 0.15) is 45.6 Å². The number of hydrogen-bond donors (Lipinski definition) is 3. The van der Waals surface area contributed by atoms with E-state index in [4.69, 9.17) is 38.0 Å². The minimum atomic E-state index is -0.561. The highest BCUT2D eigenvalue weighted by atomic mass is 35.5. The van der Waals surface area contributed by atoms with Crippen molar-refractivity contribution in [1.82, 2.24) is 20.5 Å². The summed E-state index contributed by atoms with van der Waals surface area (Å²) in [5.41, 5.74) is 1.92. The van der Waals surface area contributed by atoms with E-state index in [0.717, 1.165) is 18.4 Å². The van der Waals surface area contributed by atoms with Crippen molar-refractivity contribution < 1.29 is 23.8 Å². The Labute approximate surface area is 250 Å². The zero-order valence-electron chi connectivity index (χ0n) is 23.7. The molecule has 1 aromatic carbocycles. The predicted molar refractivity (Wildman–Crippen MR) is 161 cm³/mol. The number of carbonyl (C=O) groups excluding carboxylic acids is 2. The summed E-state index contributed by atoms with van der Waals surface area (Å²) in [5.74, 6) is 0.767. The summed E-state index contributed by atoms with van der Waals surface area (Å²) in [4.78, 5) is 31.8. The smallest absolute Gasteiger partial charge is 0.410 e. The van der Waals surface area contributed by atoms with Gasteiger partial charge in [-0.15, -0.1) is 0 Å². The van der Waals surface area contributed by atoms with Crippen LogP contribution in [0.4, 0.5) is 10.5 Å². The van der Waals surface area contributed by atoms with Crippen LogP contribution in [0.15, 0.2) is 47.9 Å². The third kappa shape index (κ3) is 7.80. The van der Waals surface area contributed by atoms with E-state index in [0.29, 0.717) is 66.1 Å². The number of aromatic nitrogens is 1. The quantitative estimate of drug-likeness (QED) is 0.348. The van der Waals surface area contributed by atoms with Crippen LogP contribution in [0.3, 0.4) is 0 Å². The molecular formula is C29H36ClN5O5S. The lowest BCUT2D eigenvalue weighted by Gasteiger charge is -2.28. The SMILES string of the molecule is COc1c(Cl)cccc1NC(=S)C1=C(NCc2ccncc2OC[C@@H]2CCCN2C(=O)OC(C)(C)C)CCNC1=O. The summed E-state index contributed by atoms with van der Waals surface area (Å²) in [5, 5.41) is 9.78. The third-order valence-electron chi connectivity index (χ3n) is 6.63. The van der Waals surface area contributed by atoms with Crippen molar-refractivity contribution in [2.75, 3.05) is 32.1 Å². The minimum absolute atomic E-state index is 0.0888. The third-order valence-corrected chi connectivity index (χ3v) is 7.24. The van der Waals surface area contributed by atoms with Crippen LogP contribution in [0.25, 0.3) is 0 Å². The fourth-order valence-corrected chi connectivity index (χ4v) is 5.29. The van der Waals surface area contributed by atoms with E-state index in [1.54, 1.807) is 35.5 Å². The average molecular weight is 602 g/mol. The van der Waals surface area contributed by atoms with E-state index in [-0.39, 0.29) is 23.0 Å². The molecule has 3 N–H and O–H groups in total. The molecule has 2 aromatic rings. The number of hydrogen-bond acceptors (Lipinski definition) is 8. The maximum atomic E-state index is 12.9. The summed E-state index contributed by atoms with van der Waals surface area (Å²) >= 11 is 11.9. The lowest BCUT2D eigenvalue weighted by Crippen LogP contribution is -2.42. The molecule has 3 heterocycles. The van der Waals surface area contributed by atoms with Gasteiger partial charge < -0.3 is 35.1 Å². The molecule has 1 aromatic heterocycles. The lowest BCUT2D eigenvalue weighted by atomic mass is 10.1. The second-order valence-corrected chi connectivity index (χ2v) is 11.6. The molecule has 10 nitrogen and oxygen atoms in total. The number of rotatable bonds is 9. The number of methoxy groups -OCH3 is 1. The zero-order valence-corrected chi connectivity index (χ0v) is 25.3. The lowest BCUT2D eigenvalue weighted by molar-refractivity contribution is -0.117. The van der Waals surface area contributed by atoms with E-state index in [1.165, 1.54) is 7.11 Å². The first kappa shape index (κ1) is 30.4. The first-order valence-electron chi connectivity index (χ1n) is 13.5. The largest absolute Gasteiger partial charge is 0.493 e. The molecule has 0 unspecified atom stereocenters. The molecule has 0 radical (unpaired) electrons. The van der Waals surface area contributed by atoms with Crippen LogP contribution >= 0.6 is 23.8 Å². The molecule has 41 heavy (non-hydrogen) atoms. The Bertz CT molecular complexity index is 1330. The van der Waals surface area contributed by atoms with E-state index in [1.807, 2.05) is 26.8 Å². The zero-order chi connectivity index (χ0) is 29.6. The first-order valence-corrected chi connectivity index (χ1v) is 14.3. The van der Waals surface area contributed by atoms with E-state index >= 15 is 0 Å². The first-order chi connectivity index (χ1) is 19.6. The van der Waals surface area contributed by atoms with Gasteiger partial charge >= 0.3 is 6.09 Å². The fraction of sp³-hybridized carbons (Fsp3) is 0.448. The minimum Gasteiger partial charge on any atom is -0.493 e. The van der Waals surface area contributed by atoms with Gasteiger partial charge in [0, 0.05) is 43.5 Å². The number of amides is 2. The second-order valence-electron chi connectivity index (χ2n) is 10.8. The highest BCUT2D eigenvalue weighted by Gasteiger charge is 2.33. The Morgan fingerprint density at radius 2 is 2.10 bits per heavy atom. The predicted octanol–water partition coefficient (Wildman–Crippen LogP) is 4.83. The number of carbonyl (C=O) groups is 2. The Morgan fingerprint density at radius 3 is 2.85 bits per heavy atom. The number of anilines is 1. The summed E-state index contributed by atoms with van der Waals surface area (Å²) in [6, 6.07) is 7.03. The van der Waals surface area contributed by atoms with E-state index in [2.05, 4.69) is 20.9 Å². The van der Waals surface area contributed by atoms with Crippen molar-refractivity contribution in [3.63, 3.8) is 0 Å². The maximum Gasteiger partial charge on any atom is 0.410 e. The highest BCUT2D eigenvalue weighted by Crippen LogP contribution is 2.33. The van der Waals surface area contributed by atoms with Gasteiger partial charge in [-0.3, -0.25) is 9.78 Å². The molecule has 0 saturated carbocycles. The number of para-hydroxylation sites is 1. The number of thiocarbonyl (C=S) groups is 1. The average Bonchev–Trinajstić information content (AvgIpc) is 3.39. The molecule has 220 valence electrons. The van der Waals surface area contributed by atoms with Gasteiger partial charge in [-0.2, -0.15) is 0 Å². The highest BCUT2D eigenvalue weighted by molar-refractivity contribution is 7.81. The molecule has 0 aliphatic carbocycles. The number of pyridine rings is 1. The summed E-state index contributed by atoms with van der Waals surface area (Å²) in [7, 11) is 1.52. The standard InChI is InChI=1S/C29H36ClN5O5S/c1-29(2,3)40-28(37)35-14-6-7-19(35)17-39-23-16-31-12-10-18(23)15-33-21-11-13-32-26(36)24(21)27(41)34-22-9-5-8-20(30)25(22)38-4/h5,8-10,12,16,19,33H,6-7,11,13-15,17H2,1-4H3,(H,32,36)(H,34,41)/t19-/m0/s1. The van der Waals surface area contributed by atoms with Crippen LogP contribution in [-0.4, -0.2) is 65.3 Å². The summed E-state index contributed by atoms with van der Waals surface area (Å²) in [6.45, 7) is 7.39. The van der Waals surface area contributed by atoms with Gasteiger partial charge in [0.25, 0.3) is 5.91 Å². The molecular weight excluding hydrogens is 566 g/mol. The van der Waals surface area contributed by atoms with Gasteiger partial charge in [0.2, 0.25) is 0 Å². The van der Waals surface area contributed by atoms with Crippen LogP contribution in [0.2, 0.25) is 5.02 Å². The van der Waals surface area contributed by atoms with Gasteiger partial charge in [-0.1, -0.05) is 29.9 Å². The van der Waals surface area contributed by atoms with Gasteiger partial charge in [0.15, 0.2) is 5.75 Å². The van der Waals surface area contributed by atoms with Crippen LogP contribution < -0.4 is 25.4 Å². The molecule has 1 atom stereocenters. The maximum absolute atomic E-state index is 12.9. The van der Waals surface area contributed by atoms with Crippen molar-refractivity contribution in [2.24, 2.45) is 0 Å². The molecule has 0 spiro atoms. The van der Waals surface area contributed by atoms with E-state index in [9.17, 15) is 9.59 Å². The van der Waals surface area contributed by atoms with Crippen molar-refractivity contribution in [3.8, 4) is 11.5 Å². The number of benzene rings is 1. The monoisotopic (exact) mass is 601 g/mol. The summed E-state index contributed by atoms with van der Waals surface area (Å²) in [6.07, 6.45) is 5.32. The Balaban J connectivity index is 1.45. The topological polar surface area (TPSA) is 114 Å². The molecule has 1 fully saturated rings. The van der Waals surface area contributed by atoms with Crippen LogP contribution in [0.5, 0.6) is 11.5 Å². The van der Waals surface area contributed by atoms with Crippen molar-refractivity contribution in [3.05, 3.63) is 58.5 Å². The molecule has 2 aliphatic heterocycles. The molecule has 1 saturated heterocycles. The number of nitrogens with one attached hydrogen (secondary N) is 3. The molecule has 0 bridgehead atoms. The Morgan fingerprint density at radius 1 is 1.29 bits per heavy atom. The molecule has 2 aliphatic rings.